The molecule has 1 aliphatic rings. The van der Waals surface area contributed by atoms with Gasteiger partial charge in [-0.15, -0.1) is 0 Å². The Labute approximate surface area is 128 Å². The van der Waals surface area contributed by atoms with Crippen molar-refractivity contribution in [3.05, 3.63) is 34.9 Å². The lowest BCUT2D eigenvalue weighted by molar-refractivity contribution is -0.126. The smallest absolute Gasteiger partial charge is 0.322 e. The van der Waals surface area contributed by atoms with Gasteiger partial charge in [0, 0.05) is 12.1 Å². The van der Waals surface area contributed by atoms with Crippen molar-refractivity contribution in [1.82, 2.24) is 16.0 Å². The highest BCUT2D eigenvalue weighted by molar-refractivity contribution is 6.05. The van der Waals surface area contributed by atoms with Crippen LogP contribution < -0.4 is 21.7 Å². The number of primary amides is 1. The number of hydrogen-bond donors (Lipinski definition) is 4. The van der Waals surface area contributed by atoms with Crippen molar-refractivity contribution >= 4 is 23.8 Å². The number of rotatable bonds is 5. The van der Waals surface area contributed by atoms with E-state index in [1.54, 1.807) is 0 Å². The molecule has 0 spiro atoms. The summed E-state index contributed by atoms with van der Waals surface area (Å²) in [5.74, 6) is -5.10. The van der Waals surface area contributed by atoms with Crippen molar-refractivity contribution in [2.45, 2.75) is 19.0 Å². The van der Waals surface area contributed by atoms with Crippen LogP contribution in [0.5, 0.6) is 0 Å². The Hall–Kier alpha value is -3.04. The molecule has 5 amide bonds. The predicted octanol–water partition coefficient (Wildman–Crippen LogP) is -0.722. The van der Waals surface area contributed by atoms with E-state index in [2.05, 4.69) is 10.6 Å². The number of hydrogen-bond acceptors (Lipinski definition) is 4. The number of amides is 5. The van der Waals surface area contributed by atoms with Gasteiger partial charge in [-0.3, -0.25) is 19.7 Å². The summed E-state index contributed by atoms with van der Waals surface area (Å²) in [6.07, 6.45) is -0.346. The van der Waals surface area contributed by atoms with E-state index in [0.29, 0.717) is 0 Å². The van der Waals surface area contributed by atoms with Crippen LogP contribution in [0.25, 0.3) is 0 Å². The minimum atomic E-state index is -1.40. The number of carbonyl (C=O) groups is 4. The van der Waals surface area contributed by atoms with Crippen molar-refractivity contribution < 1.29 is 28.0 Å². The van der Waals surface area contributed by atoms with Crippen molar-refractivity contribution in [1.29, 1.82) is 0 Å². The zero-order valence-electron chi connectivity index (χ0n) is 11.6. The first-order valence-corrected chi connectivity index (χ1v) is 6.44. The standard InChI is InChI=1S/C13H12F2N4O4/c14-9-5(1-2-6(10(9)15)11(16)21)4-17-8(20)3-7-12(22)19-13(23)18-7/h1-2,7H,3-4H2,(H2,16,21)(H,17,20)(H2,18,19,22,23)/t7-/m0/s1. The molecule has 0 bridgehead atoms. The van der Waals surface area contributed by atoms with Gasteiger partial charge in [0.2, 0.25) is 5.91 Å². The topological polar surface area (TPSA) is 130 Å². The maximum atomic E-state index is 13.7. The van der Waals surface area contributed by atoms with E-state index in [1.807, 2.05) is 5.32 Å². The van der Waals surface area contributed by atoms with Gasteiger partial charge in [-0.05, 0) is 6.07 Å². The van der Waals surface area contributed by atoms with Crippen LogP contribution in [0.15, 0.2) is 12.1 Å². The maximum Gasteiger partial charge on any atom is 0.322 e. The van der Waals surface area contributed by atoms with Gasteiger partial charge in [0.15, 0.2) is 11.6 Å². The Morgan fingerprint density at radius 1 is 1.22 bits per heavy atom. The van der Waals surface area contributed by atoms with Gasteiger partial charge < -0.3 is 16.4 Å². The molecule has 5 N–H and O–H groups in total. The summed E-state index contributed by atoms with van der Waals surface area (Å²) in [4.78, 5) is 44.7. The van der Waals surface area contributed by atoms with E-state index in [0.717, 1.165) is 12.1 Å². The van der Waals surface area contributed by atoms with Crippen LogP contribution in [-0.2, 0) is 16.1 Å². The zero-order valence-corrected chi connectivity index (χ0v) is 11.6. The SMILES string of the molecule is NC(=O)c1ccc(CNC(=O)C[C@@H]2NC(=O)NC2=O)c(F)c1F. The molecule has 0 unspecified atom stereocenters. The van der Waals surface area contributed by atoms with E-state index >= 15 is 0 Å². The normalized spacial score (nSPS) is 16.7. The Balaban J connectivity index is 1.97. The second kappa shape index (κ2) is 6.38. The number of nitrogens with two attached hydrogens (primary N) is 1. The lowest BCUT2D eigenvalue weighted by Gasteiger charge is -2.10. The summed E-state index contributed by atoms with van der Waals surface area (Å²) in [5.41, 5.74) is 4.10. The predicted molar refractivity (Wildman–Crippen MR) is 71.8 cm³/mol. The van der Waals surface area contributed by atoms with Crippen LogP contribution in [0, 0.1) is 11.6 Å². The lowest BCUT2D eigenvalue weighted by Crippen LogP contribution is -2.36. The molecule has 1 saturated heterocycles. The van der Waals surface area contributed by atoms with E-state index < -0.39 is 47.0 Å². The van der Waals surface area contributed by atoms with E-state index in [1.165, 1.54) is 0 Å². The third-order valence-corrected chi connectivity index (χ3v) is 3.15. The van der Waals surface area contributed by atoms with Gasteiger partial charge in [0.05, 0.1) is 12.0 Å². The van der Waals surface area contributed by atoms with Crippen LogP contribution in [0.1, 0.15) is 22.3 Å². The maximum absolute atomic E-state index is 13.7. The molecule has 23 heavy (non-hydrogen) atoms. The monoisotopic (exact) mass is 326 g/mol. The molecule has 8 nitrogen and oxygen atoms in total. The zero-order chi connectivity index (χ0) is 17.1. The second-order valence-electron chi connectivity index (χ2n) is 4.76. The van der Waals surface area contributed by atoms with Crippen molar-refractivity contribution in [3.8, 4) is 0 Å². The molecule has 0 aromatic heterocycles. The molecule has 1 heterocycles. The minimum absolute atomic E-state index is 0.194. The van der Waals surface area contributed by atoms with Gasteiger partial charge in [-0.1, -0.05) is 6.07 Å². The van der Waals surface area contributed by atoms with E-state index in [-0.39, 0.29) is 18.5 Å². The Kier molecular flexibility index (Phi) is 4.53. The number of imide groups is 1. The number of nitrogens with one attached hydrogen (secondary N) is 3. The summed E-state index contributed by atoms with van der Waals surface area (Å²) in [6, 6.07) is 0.402. The van der Waals surface area contributed by atoms with Gasteiger partial charge in [0.25, 0.3) is 11.8 Å². The summed E-state index contributed by atoms with van der Waals surface area (Å²) < 4.78 is 27.3. The van der Waals surface area contributed by atoms with Gasteiger partial charge in [-0.2, -0.15) is 0 Å². The van der Waals surface area contributed by atoms with Gasteiger partial charge in [0.1, 0.15) is 6.04 Å². The Bertz CT molecular complexity index is 707. The lowest BCUT2D eigenvalue weighted by atomic mass is 10.1. The molecule has 1 aromatic rings. The third kappa shape index (κ3) is 3.59. The second-order valence-corrected chi connectivity index (χ2v) is 4.76. The number of benzene rings is 1. The average molecular weight is 326 g/mol. The molecule has 122 valence electrons. The largest absolute Gasteiger partial charge is 0.366 e. The van der Waals surface area contributed by atoms with E-state index in [4.69, 9.17) is 5.73 Å². The molecule has 10 heteroatoms. The Morgan fingerprint density at radius 2 is 1.91 bits per heavy atom. The minimum Gasteiger partial charge on any atom is -0.366 e. The Morgan fingerprint density at radius 3 is 2.48 bits per heavy atom. The molecular weight excluding hydrogens is 314 g/mol. The van der Waals surface area contributed by atoms with Crippen molar-refractivity contribution in [2.24, 2.45) is 5.73 Å². The summed E-state index contributed by atoms with van der Waals surface area (Å²) in [5, 5.41) is 6.47. The highest BCUT2D eigenvalue weighted by Gasteiger charge is 2.31. The molecule has 2 rings (SSSR count). The first-order valence-electron chi connectivity index (χ1n) is 6.44. The van der Waals surface area contributed by atoms with Crippen LogP contribution in [0.3, 0.4) is 0 Å². The number of carbonyl (C=O) groups excluding carboxylic acids is 4. The fourth-order valence-electron chi connectivity index (χ4n) is 1.97. The average Bonchev–Trinajstić information content (AvgIpc) is 2.78. The van der Waals surface area contributed by atoms with E-state index in [9.17, 15) is 28.0 Å². The number of urea groups is 1. The highest BCUT2D eigenvalue weighted by atomic mass is 19.2. The van der Waals surface area contributed by atoms with Crippen molar-refractivity contribution in [3.63, 3.8) is 0 Å². The van der Waals surface area contributed by atoms with Crippen LogP contribution in [0.2, 0.25) is 0 Å². The molecule has 1 fully saturated rings. The fourth-order valence-corrected chi connectivity index (χ4v) is 1.97. The molecule has 0 radical (unpaired) electrons. The molecule has 1 atom stereocenters. The molecular formula is C13H12F2N4O4. The number of halogens is 2. The van der Waals surface area contributed by atoms with Gasteiger partial charge >= 0.3 is 6.03 Å². The molecule has 1 aromatic carbocycles. The van der Waals surface area contributed by atoms with Crippen molar-refractivity contribution in [2.75, 3.05) is 0 Å². The molecule has 0 aliphatic carbocycles. The van der Waals surface area contributed by atoms with Gasteiger partial charge in [-0.25, -0.2) is 13.6 Å². The van der Waals surface area contributed by atoms with Crippen LogP contribution >= 0.6 is 0 Å². The molecule has 0 saturated carbocycles. The fraction of sp³-hybridized carbons (Fsp3) is 0.231. The van der Waals surface area contributed by atoms with Crippen LogP contribution in [0.4, 0.5) is 13.6 Å². The quantitative estimate of drug-likeness (QED) is 0.532. The first-order chi connectivity index (χ1) is 10.8. The van der Waals surface area contributed by atoms with Crippen LogP contribution in [-0.4, -0.2) is 29.8 Å². The third-order valence-electron chi connectivity index (χ3n) is 3.15. The molecule has 1 aliphatic heterocycles. The summed E-state index contributed by atoms with van der Waals surface area (Å²) in [7, 11) is 0. The summed E-state index contributed by atoms with van der Waals surface area (Å²) >= 11 is 0. The highest BCUT2D eigenvalue weighted by Crippen LogP contribution is 2.16. The first kappa shape index (κ1) is 16.3. The summed E-state index contributed by atoms with van der Waals surface area (Å²) in [6.45, 7) is -0.358.